The van der Waals surface area contributed by atoms with Crippen molar-refractivity contribution in [3.05, 3.63) is 69.2 Å². The molecule has 1 heterocycles. The lowest BCUT2D eigenvalue weighted by molar-refractivity contribution is -0.122. The SMILES string of the molecule is Cc1cccc(C2=NNC(=O)[C@@H](c3ccc(Cl)cc3Cl)C2)c1. The van der Waals surface area contributed by atoms with Crippen LogP contribution in [0, 0.1) is 6.92 Å². The Labute approximate surface area is 138 Å². The van der Waals surface area contributed by atoms with Crippen molar-refractivity contribution >= 4 is 34.8 Å². The molecule has 0 aromatic heterocycles. The molecule has 1 amide bonds. The predicted molar refractivity (Wildman–Crippen MR) is 89.7 cm³/mol. The molecule has 0 saturated heterocycles. The zero-order valence-electron chi connectivity index (χ0n) is 11.9. The zero-order valence-corrected chi connectivity index (χ0v) is 13.4. The number of rotatable bonds is 2. The molecule has 3 rings (SSSR count). The van der Waals surface area contributed by atoms with Crippen LogP contribution >= 0.6 is 23.2 Å². The Morgan fingerprint density at radius 1 is 1.18 bits per heavy atom. The molecule has 0 fully saturated rings. The third-order valence-electron chi connectivity index (χ3n) is 3.70. The summed E-state index contributed by atoms with van der Waals surface area (Å²) in [5.74, 6) is -0.515. The first-order chi connectivity index (χ1) is 10.5. The topological polar surface area (TPSA) is 41.5 Å². The van der Waals surface area contributed by atoms with Crippen LogP contribution in [0.5, 0.6) is 0 Å². The van der Waals surface area contributed by atoms with Crippen LogP contribution in [0.2, 0.25) is 10.0 Å². The molecule has 5 heteroatoms. The lowest BCUT2D eigenvalue weighted by atomic mass is 9.89. The number of benzene rings is 2. The lowest BCUT2D eigenvalue weighted by Crippen LogP contribution is -2.33. The minimum absolute atomic E-state index is 0.152. The summed E-state index contributed by atoms with van der Waals surface area (Å²) in [5, 5.41) is 5.24. The summed E-state index contributed by atoms with van der Waals surface area (Å²) in [6, 6.07) is 13.2. The first kappa shape index (κ1) is 15.1. The summed E-state index contributed by atoms with van der Waals surface area (Å²) in [6.45, 7) is 2.03. The molecule has 1 aliphatic rings. The number of hydrazone groups is 1. The maximum atomic E-state index is 12.2. The Morgan fingerprint density at radius 3 is 2.73 bits per heavy atom. The van der Waals surface area contributed by atoms with Crippen molar-refractivity contribution < 1.29 is 4.79 Å². The molecule has 2 aromatic rings. The summed E-state index contributed by atoms with van der Waals surface area (Å²) in [6.07, 6.45) is 0.511. The normalized spacial score (nSPS) is 17.9. The molecule has 0 saturated carbocycles. The van der Waals surface area contributed by atoms with Gasteiger partial charge in [0.2, 0.25) is 5.91 Å². The molecule has 1 aliphatic heterocycles. The van der Waals surface area contributed by atoms with Crippen molar-refractivity contribution in [3.63, 3.8) is 0 Å². The molecule has 3 nitrogen and oxygen atoms in total. The number of halogens is 2. The van der Waals surface area contributed by atoms with Gasteiger partial charge in [0, 0.05) is 16.5 Å². The Morgan fingerprint density at radius 2 is 2.00 bits per heavy atom. The van der Waals surface area contributed by atoms with Crippen LogP contribution < -0.4 is 5.43 Å². The van der Waals surface area contributed by atoms with E-state index in [0.29, 0.717) is 16.5 Å². The number of hydrogen-bond donors (Lipinski definition) is 1. The monoisotopic (exact) mass is 332 g/mol. The van der Waals surface area contributed by atoms with E-state index in [9.17, 15) is 4.79 Å². The fourth-order valence-corrected chi connectivity index (χ4v) is 3.11. The number of carbonyl (C=O) groups is 1. The Hall–Kier alpha value is -1.84. The highest BCUT2D eigenvalue weighted by Gasteiger charge is 2.28. The van der Waals surface area contributed by atoms with Gasteiger partial charge in [-0.1, -0.05) is 59.1 Å². The fourth-order valence-electron chi connectivity index (χ4n) is 2.57. The summed E-state index contributed by atoms with van der Waals surface area (Å²) < 4.78 is 0. The second kappa shape index (κ2) is 6.11. The van der Waals surface area contributed by atoms with Crippen LogP contribution in [0.25, 0.3) is 0 Å². The van der Waals surface area contributed by atoms with Crippen LogP contribution in [0.3, 0.4) is 0 Å². The molecular formula is C17H14Cl2N2O. The minimum atomic E-state index is -0.363. The van der Waals surface area contributed by atoms with Crippen molar-refractivity contribution in [3.8, 4) is 0 Å². The maximum absolute atomic E-state index is 12.2. The van der Waals surface area contributed by atoms with Crippen molar-refractivity contribution in [2.24, 2.45) is 5.10 Å². The lowest BCUT2D eigenvalue weighted by Gasteiger charge is -2.23. The van der Waals surface area contributed by atoms with Crippen LogP contribution in [-0.2, 0) is 4.79 Å². The Balaban J connectivity index is 1.94. The van der Waals surface area contributed by atoms with Gasteiger partial charge in [-0.05, 0) is 30.2 Å². The molecule has 112 valence electrons. The van der Waals surface area contributed by atoms with E-state index < -0.39 is 0 Å². The van der Waals surface area contributed by atoms with E-state index >= 15 is 0 Å². The van der Waals surface area contributed by atoms with Gasteiger partial charge in [-0.2, -0.15) is 5.10 Å². The molecule has 0 spiro atoms. The van der Waals surface area contributed by atoms with E-state index in [0.717, 1.165) is 22.4 Å². The first-order valence-corrected chi connectivity index (χ1v) is 7.68. The predicted octanol–water partition coefficient (Wildman–Crippen LogP) is 4.31. The molecule has 0 unspecified atom stereocenters. The van der Waals surface area contributed by atoms with Crippen LogP contribution in [0.4, 0.5) is 0 Å². The first-order valence-electron chi connectivity index (χ1n) is 6.93. The van der Waals surface area contributed by atoms with Crippen LogP contribution in [0.15, 0.2) is 47.6 Å². The second-order valence-electron chi connectivity index (χ2n) is 5.33. The third kappa shape index (κ3) is 3.01. The number of aryl methyl sites for hydroxylation is 1. The van der Waals surface area contributed by atoms with Gasteiger partial charge < -0.3 is 0 Å². The van der Waals surface area contributed by atoms with Crippen molar-refractivity contribution in [1.82, 2.24) is 5.43 Å². The number of nitrogens with one attached hydrogen (secondary N) is 1. The van der Waals surface area contributed by atoms with Gasteiger partial charge in [0.15, 0.2) is 0 Å². The van der Waals surface area contributed by atoms with Gasteiger partial charge in [0.25, 0.3) is 0 Å². The van der Waals surface area contributed by atoms with Gasteiger partial charge in [0.05, 0.1) is 11.6 Å². The van der Waals surface area contributed by atoms with Gasteiger partial charge in [-0.3, -0.25) is 4.79 Å². The Bertz CT molecular complexity index is 771. The van der Waals surface area contributed by atoms with Gasteiger partial charge in [0.1, 0.15) is 0 Å². The average Bonchev–Trinajstić information content (AvgIpc) is 2.48. The van der Waals surface area contributed by atoms with E-state index in [2.05, 4.69) is 16.6 Å². The summed E-state index contributed by atoms with van der Waals surface area (Å²) >= 11 is 12.2. The zero-order chi connectivity index (χ0) is 15.7. The van der Waals surface area contributed by atoms with E-state index in [1.165, 1.54) is 0 Å². The third-order valence-corrected chi connectivity index (χ3v) is 4.27. The van der Waals surface area contributed by atoms with Crippen LogP contribution in [0.1, 0.15) is 29.0 Å². The largest absolute Gasteiger partial charge is 0.272 e. The van der Waals surface area contributed by atoms with E-state index in [1.54, 1.807) is 18.2 Å². The fraction of sp³-hybridized carbons (Fsp3) is 0.176. The quantitative estimate of drug-likeness (QED) is 0.874. The standard InChI is InChI=1S/C17H14Cl2N2O/c1-10-3-2-4-11(7-10)16-9-14(17(22)21-20-16)13-6-5-12(18)8-15(13)19/h2-8,14H,9H2,1H3,(H,21,22)/t14-/m1/s1. The summed E-state index contributed by atoms with van der Waals surface area (Å²) in [7, 11) is 0. The molecule has 22 heavy (non-hydrogen) atoms. The smallest absolute Gasteiger partial charge is 0.248 e. The van der Waals surface area contributed by atoms with Crippen molar-refractivity contribution in [2.75, 3.05) is 0 Å². The van der Waals surface area contributed by atoms with E-state index in [1.807, 2.05) is 25.1 Å². The molecule has 0 radical (unpaired) electrons. The number of hydrogen-bond acceptors (Lipinski definition) is 2. The maximum Gasteiger partial charge on any atom is 0.248 e. The number of carbonyl (C=O) groups excluding carboxylic acids is 1. The average molecular weight is 333 g/mol. The highest BCUT2D eigenvalue weighted by atomic mass is 35.5. The van der Waals surface area contributed by atoms with Gasteiger partial charge in [-0.25, -0.2) is 5.43 Å². The van der Waals surface area contributed by atoms with Gasteiger partial charge in [-0.15, -0.1) is 0 Å². The summed E-state index contributed by atoms with van der Waals surface area (Å²) in [5.41, 5.74) is 6.37. The second-order valence-corrected chi connectivity index (χ2v) is 6.17. The molecule has 2 aromatic carbocycles. The molecule has 0 bridgehead atoms. The molecule has 1 N–H and O–H groups in total. The highest BCUT2D eigenvalue weighted by molar-refractivity contribution is 6.35. The number of amides is 1. The van der Waals surface area contributed by atoms with E-state index in [-0.39, 0.29) is 11.8 Å². The molecular weight excluding hydrogens is 319 g/mol. The summed E-state index contributed by atoms with van der Waals surface area (Å²) in [4.78, 5) is 12.2. The molecule has 0 aliphatic carbocycles. The minimum Gasteiger partial charge on any atom is -0.272 e. The Kier molecular flexibility index (Phi) is 4.19. The van der Waals surface area contributed by atoms with Crippen LogP contribution in [-0.4, -0.2) is 11.6 Å². The number of nitrogens with zero attached hydrogens (tertiary/aromatic N) is 1. The highest BCUT2D eigenvalue weighted by Crippen LogP contribution is 2.32. The van der Waals surface area contributed by atoms with Crippen molar-refractivity contribution in [1.29, 1.82) is 0 Å². The molecule has 1 atom stereocenters. The van der Waals surface area contributed by atoms with Gasteiger partial charge >= 0.3 is 0 Å². The van der Waals surface area contributed by atoms with Crippen molar-refractivity contribution in [2.45, 2.75) is 19.3 Å². The van der Waals surface area contributed by atoms with E-state index in [4.69, 9.17) is 23.2 Å².